The van der Waals surface area contributed by atoms with Gasteiger partial charge in [0.2, 0.25) is 0 Å². The van der Waals surface area contributed by atoms with Crippen LogP contribution in [0, 0.1) is 0 Å². The summed E-state index contributed by atoms with van der Waals surface area (Å²) in [5.74, 6) is 2.64. The molecule has 3 aromatic rings. The average Bonchev–Trinajstić information content (AvgIpc) is 3.23. The highest BCUT2D eigenvalue weighted by Gasteiger charge is 2.21. The molecule has 4 rings (SSSR count). The van der Waals surface area contributed by atoms with Gasteiger partial charge in [-0.15, -0.1) is 0 Å². The van der Waals surface area contributed by atoms with Gasteiger partial charge in [0.05, 0.1) is 18.2 Å². The highest BCUT2D eigenvalue weighted by atomic mass is 16.6. The first-order valence-corrected chi connectivity index (χ1v) is 7.19. The maximum atomic E-state index is 5.65. The number of para-hydroxylation sites is 1. The first-order chi connectivity index (χ1) is 10.9. The molecule has 0 spiro atoms. The summed E-state index contributed by atoms with van der Waals surface area (Å²) in [6, 6.07) is 15.7. The molecule has 1 aromatic carbocycles. The van der Waals surface area contributed by atoms with E-state index in [4.69, 9.17) is 13.7 Å². The minimum atomic E-state index is 0.650. The second kappa shape index (κ2) is 5.48. The Hall–Kier alpha value is -2.88. The van der Waals surface area contributed by atoms with Crippen LogP contribution in [0.3, 0.4) is 0 Å². The molecular formula is C18H15NO3. The summed E-state index contributed by atoms with van der Waals surface area (Å²) in [5.41, 5.74) is 6.29. The van der Waals surface area contributed by atoms with Gasteiger partial charge in [0.25, 0.3) is 0 Å². The summed E-state index contributed by atoms with van der Waals surface area (Å²) in [4.78, 5) is 5.65. The molecule has 0 aliphatic carbocycles. The highest BCUT2D eigenvalue weighted by Crippen LogP contribution is 2.34. The van der Waals surface area contributed by atoms with E-state index >= 15 is 0 Å². The topological polar surface area (TPSA) is 47.5 Å². The molecule has 0 bridgehead atoms. The first kappa shape index (κ1) is 12.8. The molecule has 0 saturated heterocycles. The minimum Gasteiger partial charge on any atom is -0.469 e. The smallest absolute Gasteiger partial charge is 0.162 e. The first-order valence-electron chi connectivity index (χ1n) is 7.19. The zero-order chi connectivity index (χ0) is 14.8. The van der Waals surface area contributed by atoms with Crippen LogP contribution < -0.4 is 10.3 Å². The number of nitrogens with one attached hydrogen (secondary N) is 1. The Morgan fingerprint density at radius 1 is 0.773 bits per heavy atom. The zero-order valence-electron chi connectivity index (χ0n) is 11.9. The molecule has 4 nitrogen and oxygen atoms in total. The van der Waals surface area contributed by atoms with Gasteiger partial charge in [-0.2, -0.15) is 0 Å². The van der Waals surface area contributed by atoms with Crippen LogP contribution in [0.5, 0.6) is 5.75 Å². The summed E-state index contributed by atoms with van der Waals surface area (Å²) in [6.45, 7) is 0. The second-order valence-corrected chi connectivity index (χ2v) is 5.17. The number of benzene rings is 1. The van der Waals surface area contributed by atoms with Crippen LogP contribution in [0.25, 0.3) is 5.57 Å². The van der Waals surface area contributed by atoms with Crippen molar-refractivity contribution < 1.29 is 13.7 Å². The van der Waals surface area contributed by atoms with Gasteiger partial charge in [0.15, 0.2) is 5.75 Å². The zero-order valence-corrected chi connectivity index (χ0v) is 11.9. The lowest BCUT2D eigenvalue weighted by Crippen LogP contribution is -2.26. The van der Waals surface area contributed by atoms with Gasteiger partial charge in [-0.05, 0) is 35.9 Å². The molecular weight excluding hydrogens is 278 g/mol. The Balaban J connectivity index is 1.76. The van der Waals surface area contributed by atoms with Crippen LogP contribution in [0.2, 0.25) is 0 Å². The summed E-state index contributed by atoms with van der Waals surface area (Å²) in [5, 5.41) is 0. The molecule has 3 heterocycles. The highest BCUT2D eigenvalue weighted by molar-refractivity contribution is 5.75. The lowest BCUT2D eigenvalue weighted by molar-refractivity contribution is 0.219. The van der Waals surface area contributed by atoms with Crippen molar-refractivity contribution in [3.63, 3.8) is 0 Å². The predicted octanol–water partition coefficient (Wildman–Crippen LogP) is 3.97. The number of hydrogen-bond donors (Lipinski definition) is 1. The molecule has 0 amide bonds. The lowest BCUT2D eigenvalue weighted by Gasteiger charge is -2.24. The molecule has 110 valence electrons. The van der Waals surface area contributed by atoms with E-state index in [0.717, 1.165) is 34.1 Å². The second-order valence-electron chi connectivity index (χ2n) is 5.17. The average molecular weight is 293 g/mol. The lowest BCUT2D eigenvalue weighted by atomic mass is 9.96. The Labute approximate surface area is 128 Å². The van der Waals surface area contributed by atoms with Crippen molar-refractivity contribution in [3.8, 4) is 5.75 Å². The summed E-state index contributed by atoms with van der Waals surface area (Å²) >= 11 is 0. The van der Waals surface area contributed by atoms with Gasteiger partial charge in [-0.3, -0.25) is 0 Å². The van der Waals surface area contributed by atoms with E-state index in [9.17, 15) is 0 Å². The van der Waals surface area contributed by atoms with E-state index in [1.165, 1.54) is 0 Å². The number of furan rings is 2. The van der Waals surface area contributed by atoms with Gasteiger partial charge >= 0.3 is 0 Å². The van der Waals surface area contributed by atoms with E-state index in [2.05, 4.69) is 11.5 Å². The van der Waals surface area contributed by atoms with E-state index in [-0.39, 0.29) is 0 Å². The molecule has 0 saturated carbocycles. The van der Waals surface area contributed by atoms with Crippen LogP contribution in [0.1, 0.15) is 17.1 Å². The standard InChI is InChI=1S/C18H15NO3/c1-2-8-18-15(7-1)16(11-13-5-3-9-20-13)17(19-22-18)12-14-6-4-10-21-14/h1-10,19H,11-12H2. The number of hydrogen-bond acceptors (Lipinski definition) is 4. The van der Waals surface area contributed by atoms with Gasteiger partial charge < -0.3 is 13.7 Å². The summed E-state index contributed by atoms with van der Waals surface area (Å²) in [6.07, 6.45) is 4.73. The molecule has 0 unspecified atom stereocenters. The number of hydroxylamine groups is 1. The molecule has 0 fully saturated rings. The van der Waals surface area contributed by atoms with Crippen molar-refractivity contribution >= 4 is 5.57 Å². The summed E-state index contributed by atoms with van der Waals surface area (Å²) in [7, 11) is 0. The van der Waals surface area contributed by atoms with E-state index in [1.807, 2.05) is 42.5 Å². The number of allylic oxidation sites excluding steroid dienone is 2. The fraction of sp³-hybridized carbons (Fsp3) is 0.111. The van der Waals surface area contributed by atoms with Crippen LogP contribution in [0.15, 0.2) is 75.6 Å². The summed E-state index contributed by atoms with van der Waals surface area (Å²) < 4.78 is 11.0. The van der Waals surface area contributed by atoms with Crippen LogP contribution >= 0.6 is 0 Å². The molecule has 1 aliphatic rings. The Morgan fingerprint density at radius 2 is 1.50 bits per heavy atom. The SMILES string of the molecule is c1coc(CC2=C(Cc3ccco3)c3ccccc3ON2)c1. The van der Waals surface area contributed by atoms with Crippen molar-refractivity contribution in [2.24, 2.45) is 0 Å². The van der Waals surface area contributed by atoms with Crippen LogP contribution in [0.4, 0.5) is 0 Å². The van der Waals surface area contributed by atoms with E-state index in [0.29, 0.717) is 12.8 Å². The van der Waals surface area contributed by atoms with Gasteiger partial charge in [-0.25, -0.2) is 5.48 Å². The van der Waals surface area contributed by atoms with E-state index < -0.39 is 0 Å². The van der Waals surface area contributed by atoms with Crippen LogP contribution in [-0.2, 0) is 12.8 Å². The van der Waals surface area contributed by atoms with Gasteiger partial charge in [0.1, 0.15) is 11.5 Å². The van der Waals surface area contributed by atoms with Gasteiger partial charge in [0, 0.05) is 18.4 Å². The van der Waals surface area contributed by atoms with Crippen molar-refractivity contribution in [1.29, 1.82) is 0 Å². The molecule has 0 atom stereocenters. The third kappa shape index (κ3) is 2.39. The van der Waals surface area contributed by atoms with Crippen molar-refractivity contribution in [2.45, 2.75) is 12.8 Å². The maximum Gasteiger partial charge on any atom is 0.162 e. The molecule has 1 N–H and O–H groups in total. The maximum absolute atomic E-state index is 5.65. The fourth-order valence-electron chi connectivity index (χ4n) is 2.67. The quantitative estimate of drug-likeness (QED) is 0.790. The monoisotopic (exact) mass is 293 g/mol. The normalized spacial score (nSPS) is 13.5. The Morgan fingerprint density at radius 3 is 2.23 bits per heavy atom. The molecule has 22 heavy (non-hydrogen) atoms. The molecule has 1 aliphatic heterocycles. The van der Waals surface area contributed by atoms with Crippen molar-refractivity contribution in [3.05, 3.63) is 83.8 Å². The van der Waals surface area contributed by atoms with Crippen LogP contribution in [-0.4, -0.2) is 0 Å². The van der Waals surface area contributed by atoms with Crippen molar-refractivity contribution in [2.75, 3.05) is 0 Å². The number of fused-ring (bicyclic) bond motifs is 1. The molecule has 0 radical (unpaired) electrons. The predicted molar refractivity (Wildman–Crippen MR) is 81.9 cm³/mol. The Bertz CT molecular complexity index is 786. The molecule has 4 heteroatoms. The third-order valence-electron chi connectivity index (χ3n) is 3.72. The van der Waals surface area contributed by atoms with Gasteiger partial charge in [-0.1, -0.05) is 18.2 Å². The van der Waals surface area contributed by atoms with E-state index in [1.54, 1.807) is 12.5 Å². The number of rotatable bonds is 4. The Kier molecular flexibility index (Phi) is 3.20. The fourth-order valence-corrected chi connectivity index (χ4v) is 2.67. The largest absolute Gasteiger partial charge is 0.469 e. The van der Waals surface area contributed by atoms with Crippen molar-refractivity contribution in [1.82, 2.24) is 5.48 Å². The molecule has 2 aromatic heterocycles. The minimum absolute atomic E-state index is 0.650. The third-order valence-corrected chi connectivity index (χ3v) is 3.72.